The van der Waals surface area contributed by atoms with Crippen molar-refractivity contribution in [1.82, 2.24) is 0 Å². The molecular weight excluding hydrogens is 246 g/mol. The topological polar surface area (TPSA) is 66.8 Å². The second kappa shape index (κ2) is 5.19. The van der Waals surface area contributed by atoms with E-state index in [1.165, 1.54) is 0 Å². The molecule has 0 aromatic rings. The molecule has 0 atom stereocenters. The number of hydrogen-bond acceptors (Lipinski definition) is 2. The fraction of sp³-hybridized carbons (Fsp3) is 1.00. The summed E-state index contributed by atoms with van der Waals surface area (Å²) in [5, 5.41) is 0. The van der Waals surface area contributed by atoms with Gasteiger partial charge in [-0.1, -0.05) is 0 Å². The van der Waals surface area contributed by atoms with Crippen LogP contribution in [0.4, 0.5) is 0 Å². The van der Waals surface area contributed by atoms with Crippen LogP contribution in [0, 0.1) is 0 Å². The SMILES string of the molecule is CCCCC[O][Sb](=[O])([OH])[OH]. The quantitative estimate of drug-likeness (QED) is 0.540. The minimum atomic E-state index is -5.01. The van der Waals surface area contributed by atoms with E-state index >= 15 is 0 Å². The Kier molecular flexibility index (Phi) is 5.45. The van der Waals surface area contributed by atoms with Crippen molar-refractivity contribution in [1.29, 1.82) is 0 Å². The summed E-state index contributed by atoms with van der Waals surface area (Å²) >= 11 is -5.01. The van der Waals surface area contributed by atoms with E-state index in [4.69, 9.17) is 6.77 Å². The van der Waals surface area contributed by atoms with Crippen LogP contribution in [-0.2, 0) is 6.03 Å². The summed E-state index contributed by atoms with van der Waals surface area (Å²) in [5.41, 5.74) is 0. The summed E-state index contributed by atoms with van der Waals surface area (Å²) in [4.78, 5) is 0. The molecule has 0 amide bonds. The Morgan fingerprint density at radius 2 is 2.00 bits per heavy atom. The van der Waals surface area contributed by atoms with Crippen LogP contribution < -0.4 is 0 Å². The van der Waals surface area contributed by atoms with E-state index in [9.17, 15) is 3.02 Å². The summed E-state index contributed by atoms with van der Waals surface area (Å²) in [7, 11) is 0. The molecule has 0 aliphatic carbocycles. The molecule has 0 saturated carbocycles. The fourth-order valence-electron chi connectivity index (χ4n) is 0.536. The van der Waals surface area contributed by atoms with E-state index in [1.54, 1.807) is 0 Å². The van der Waals surface area contributed by atoms with Crippen LogP contribution >= 0.6 is 0 Å². The van der Waals surface area contributed by atoms with Crippen molar-refractivity contribution in [3.63, 3.8) is 0 Å². The maximum atomic E-state index is 10.2. The first-order valence-corrected chi connectivity index (χ1v) is 7.63. The molecule has 5 heteroatoms. The van der Waals surface area contributed by atoms with Crippen molar-refractivity contribution >= 4 is 20.1 Å². The van der Waals surface area contributed by atoms with Gasteiger partial charge in [0.25, 0.3) is 0 Å². The summed E-state index contributed by atoms with van der Waals surface area (Å²) in [6, 6.07) is 0. The molecule has 4 nitrogen and oxygen atoms in total. The summed E-state index contributed by atoms with van der Waals surface area (Å²) in [5.74, 6) is 0. The van der Waals surface area contributed by atoms with Gasteiger partial charge in [0.15, 0.2) is 0 Å². The predicted octanol–water partition coefficient (Wildman–Crippen LogP) is 0.0439. The van der Waals surface area contributed by atoms with Gasteiger partial charge in [0.1, 0.15) is 0 Å². The number of hydrogen-bond donors (Lipinski definition) is 2. The zero-order chi connectivity index (χ0) is 8.04. The first-order valence-electron chi connectivity index (χ1n) is 3.26. The van der Waals surface area contributed by atoms with Crippen molar-refractivity contribution in [3.8, 4) is 0 Å². The normalized spacial score (nSPS) is 11.9. The van der Waals surface area contributed by atoms with Crippen LogP contribution in [0.15, 0.2) is 0 Å². The van der Waals surface area contributed by atoms with Crippen molar-refractivity contribution < 1.29 is 12.8 Å². The van der Waals surface area contributed by atoms with Crippen molar-refractivity contribution in [3.05, 3.63) is 0 Å². The van der Waals surface area contributed by atoms with Crippen molar-refractivity contribution in [2.75, 3.05) is 6.61 Å². The summed E-state index contributed by atoms with van der Waals surface area (Å²) in [6.07, 6.45) is 2.72. The molecular formula is C5H13O4Sb. The summed E-state index contributed by atoms with van der Waals surface area (Å²) < 4.78 is 31.0. The van der Waals surface area contributed by atoms with Gasteiger partial charge in [-0.25, -0.2) is 0 Å². The molecule has 0 heterocycles. The van der Waals surface area contributed by atoms with Crippen LogP contribution in [0.3, 0.4) is 0 Å². The van der Waals surface area contributed by atoms with E-state index < -0.39 is 20.1 Å². The Bertz CT molecular complexity index is 119. The third-order valence-electron chi connectivity index (χ3n) is 1.01. The molecule has 0 aliphatic heterocycles. The fourth-order valence-corrected chi connectivity index (χ4v) is 1.58. The van der Waals surface area contributed by atoms with Gasteiger partial charge >= 0.3 is 65.7 Å². The Labute approximate surface area is 65.9 Å². The Morgan fingerprint density at radius 1 is 1.40 bits per heavy atom. The number of unbranched alkanes of at least 4 members (excludes halogenated alkanes) is 2. The molecule has 0 unspecified atom stereocenters. The molecule has 0 bridgehead atoms. The molecule has 0 saturated heterocycles. The zero-order valence-corrected chi connectivity index (χ0v) is 8.54. The van der Waals surface area contributed by atoms with Gasteiger partial charge in [-0.15, -0.1) is 0 Å². The van der Waals surface area contributed by atoms with Gasteiger partial charge in [-0.3, -0.25) is 0 Å². The standard InChI is InChI=1S/C5H11O.2H2O.O.Sb/c1-2-3-4-5-6;;;;/h2-5H2,1H3;2*1H2;;/q-1;;;;+3/p-2. The second-order valence-corrected chi connectivity index (χ2v) is 5.57. The molecule has 0 spiro atoms. The van der Waals surface area contributed by atoms with Crippen LogP contribution in [0.25, 0.3) is 0 Å². The van der Waals surface area contributed by atoms with E-state index in [2.05, 4.69) is 3.02 Å². The first kappa shape index (κ1) is 10.5. The predicted molar refractivity (Wildman–Crippen MR) is 36.4 cm³/mol. The Hall–Kier alpha value is 0.498. The Balaban J connectivity index is 3.13. The van der Waals surface area contributed by atoms with Gasteiger partial charge in [0.05, 0.1) is 0 Å². The maximum absolute atomic E-state index is 10.2. The van der Waals surface area contributed by atoms with Gasteiger partial charge in [0.2, 0.25) is 0 Å². The second-order valence-electron chi connectivity index (χ2n) is 2.03. The van der Waals surface area contributed by atoms with Crippen LogP contribution in [0.1, 0.15) is 26.2 Å². The van der Waals surface area contributed by atoms with Crippen LogP contribution in [0.5, 0.6) is 0 Å². The molecule has 10 heavy (non-hydrogen) atoms. The third-order valence-corrected chi connectivity index (χ3v) is 2.49. The molecule has 0 aromatic carbocycles. The monoisotopic (exact) mass is 258 g/mol. The average molecular weight is 259 g/mol. The van der Waals surface area contributed by atoms with E-state index in [0.29, 0.717) is 0 Å². The van der Waals surface area contributed by atoms with Gasteiger partial charge in [0, 0.05) is 0 Å². The molecule has 0 rings (SSSR count). The summed E-state index contributed by atoms with van der Waals surface area (Å²) in [6.45, 7) is 2.21. The van der Waals surface area contributed by atoms with Crippen molar-refractivity contribution in [2.45, 2.75) is 26.2 Å². The number of rotatable bonds is 5. The average Bonchev–Trinajstić information content (AvgIpc) is 1.78. The van der Waals surface area contributed by atoms with Crippen LogP contribution in [0.2, 0.25) is 0 Å². The van der Waals surface area contributed by atoms with Crippen molar-refractivity contribution in [2.24, 2.45) is 0 Å². The third kappa shape index (κ3) is 8.50. The van der Waals surface area contributed by atoms with Crippen LogP contribution in [-0.4, -0.2) is 33.4 Å². The minimum absolute atomic E-state index is 0.190. The molecule has 2 N–H and O–H groups in total. The zero-order valence-electron chi connectivity index (χ0n) is 5.99. The van der Waals surface area contributed by atoms with Gasteiger partial charge in [-0.05, 0) is 0 Å². The molecule has 0 aliphatic rings. The van der Waals surface area contributed by atoms with E-state index in [-0.39, 0.29) is 6.61 Å². The Morgan fingerprint density at radius 3 is 2.40 bits per heavy atom. The van der Waals surface area contributed by atoms with E-state index in [1.807, 2.05) is 6.92 Å². The molecule has 0 radical (unpaired) electrons. The molecule has 62 valence electrons. The van der Waals surface area contributed by atoms with Gasteiger partial charge in [-0.2, -0.15) is 0 Å². The molecule has 0 fully saturated rings. The van der Waals surface area contributed by atoms with Gasteiger partial charge < -0.3 is 0 Å². The van der Waals surface area contributed by atoms with E-state index in [0.717, 1.165) is 19.3 Å². The molecule has 0 aromatic heterocycles. The first-order chi connectivity index (χ1) is 4.56.